The Kier molecular flexibility index (Phi) is 7.39. The molecule has 186 valence electrons. The van der Waals surface area contributed by atoms with Gasteiger partial charge in [-0.25, -0.2) is 0 Å². The third kappa shape index (κ3) is 5.17. The highest BCUT2D eigenvalue weighted by atomic mass is 32.2. The van der Waals surface area contributed by atoms with Crippen LogP contribution in [-0.2, 0) is 5.75 Å². The van der Waals surface area contributed by atoms with Gasteiger partial charge in [-0.15, -0.1) is 10.2 Å². The number of piperazine rings is 1. The fraction of sp³-hybridized carbons (Fsp3) is 0.296. The Labute approximate surface area is 214 Å². The molecule has 2 aromatic carbocycles. The van der Waals surface area contributed by atoms with E-state index in [1.165, 1.54) is 0 Å². The summed E-state index contributed by atoms with van der Waals surface area (Å²) in [6.07, 6.45) is 1.63. The predicted molar refractivity (Wildman–Crippen MR) is 140 cm³/mol. The zero-order valence-corrected chi connectivity index (χ0v) is 21.3. The average molecular weight is 504 g/mol. The predicted octanol–water partition coefficient (Wildman–Crippen LogP) is 4.61. The summed E-state index contributed by atoms with van der Waals surface area (Å²) < 4.78 is 12.9. The highest BCUT2D eigenvalue weighted by molar-refractivity contribution is 7.98. The number of thioether (sulfide) groups is 1. The van der Waals surface area contributed by atoms with Gasteiger partial charge in [0.1, 0.15) is 5.75 Å². The zero-order chi connectivity index (χ0) is 24.9. The second-order valence-electron chi connectivity index (χ2n) is 8.53. The number of amides is 1. The van der Waals surface area contributed by atoms with Crippen molar-refractivity contribution in [2.75, 3.05) is 39.8 Å². The van der Waals surface area contributed by atoms with E-state index in [1.54, 1.807) is 25.1 Å². The van der Waals surface area contributed by atoms with Gasteiger partial charge < -0.3 is 19.0 Å². The van der Waals surface area contributed by atoms with E-state index in [4.69, 9.17) is 9.15 Å². The van der Waals surface area contributed by atoms with E-state index < -0.39 is 0 Å². The largest absolute Gasteiger partial charge is 0.497 e. The van der Waals surface area contributed by atoms with Gasteiger partial charge in [-0.3, -0.25) is 9.36 Å². The van der Waals surface area contributed by atoms with Crippen LogP contribution in [0.25, 0.3) is 17.3 Å². The Morgan fingerprint density at radius 1 is 1.00 bits per heavy atom. The Morgan fingerprint density at radius 3 is 2.39 bits per heavy atom. The number of ether oxygens (including phenoxy) is 1. The van der Waals surface area contributed by atoms with Crippen LogP contribution in [0.1, 0.15) is 22.8 Å². The van der Waals surface area contributed by atoms with E-state index in [0.29, 0.717) is 17.3 Å². The van der Waals surface area contributed by atoms with Gasteiger partial charge in [0.05, 0.1) is 19.1 Å². The van der Waals surface area contributed by atoms with E-state index >= 15 is 0 Å². The molecule has 1 saturated heterocycles. The van der Waals surface area contributed by atoms with Crippen molar-refractivity contribution in [2.24, 2.45) is 0 Å². The number of likely N-dealkylation sites (N-methyl/N-ethyl adjacent to an activating group) is 1. The molecule has 0 radical (unpaired) electrons. The topological polar surface area (TPSA) is 76.6 Å². The van der Waals surface area contributed by atoms with Gasteiger partial charge in [0.15, 0.2) is 10.9 Å². The first-order valence-corrected chi connectivity index (χ1v) is 13.0. The smallest absolute Gasteiger partial charge is 0.253 e. The lowest BCUT2D eigenvalue weighted by Crippen LogP contribution is -2.48. The number of hydrogen-bond donors (Lipinski definition) is 0. The summed E-state index contributed by atoms with van der Waals surface area (Å²) in [5.41, 5.74) is 2.75. The minimum absolute atomic E-state index is 0.104. The highest BCUT2D eigenvalue weighted by Crippen LogP contribution is 2.30. The highest BCUT2D eigenvalue weighted by Gasteiger charge is 2.22. The van der Waals surface area contributed by atoms with Crippen LogP contribution in [-0.4, -0.2) is 70.3 Å². The third-order valence-electron chi connectivity index (χ3n) is 6.38. The van der Waals surface area contributed by atoms with Crippen LogP contribution < -0.4 is 4.74 Å². The van der Waals surface area contributed by atoms with E-state index in [-0.39, 0.29) is 5.91 Å². The SMILES string of the molecule is CCN1CCN(C(=O)c2ccc(CSc3nnc(-c4ccco4)n3-c3ccc(OC)cc3)cc2)CC1. The van der Waals surface area contributed by atoms with Crippen molar-refractivity contribution in [1.29, 1.82) is 0 Å². The molecule has 0 atom stereocenters. The number of benzene rings is 2. The van der Waals surface area contributed by atoms with Crippen LogP contribution in [0.2, 0.25) is 0 Å². The second-order valence-corrected chi connectivity index (χ2v) is 9.47. The molecule has 8 nitrogen and oxygen atoms in total. The standard InChI is InChI=1S/C27H29N5O3S/c1-3-30-14-16-31(17-15-30)26(33)21-8-6-20(7-9-21)19-36-27-29-28-25(24-5-4-18-35-24)32(27)22-10-12-23(34-2)13-11-22/h4-13,18H,3,14-17,19H2,1-2H3. The van der Waals surface area contributed by atoms with Gasteiger partial charge in [0.2, 0.25) is 5.82 Å². The molecular formula is C27H29N5O3S. The molecular weight excluding hydrogens is 474 g/mol. The zero-order valence-electron chi connectivity index (χ0n) is 20.5. The number of carbonyl (C=O) groups is 1. The molecule has 9 heteroatoms. The first kappa shape index (κ1) is 24.1. The van der Waals surface area contributed by atoms with E-state index in [2.05, 4.69) is 22.0 Å². The molecule has 5 rings (SSSR count). The summed E-state index contributed by atoms with van der Waals surface area (Å²) >= 11 is 1.58. The molecule has 2 aromatic heterocycles. The first-order chi connectivity index (χ1) is 17.7. The molecule has 36 heavy (non-hydrogen) atoms. The maximum absolute atomic E-state index is 12.9. The molecule has 0 aliphatic carbocycles. The van der Waals surface area contributed by atoms with Crippen molar-refractivity contribution in [3.8, 4) is 23.0 Å². The minimum Gasteiger partial charge on any atom is -0.497 e. The number of rotatable bonds is 8. The second kappa shape index (κ2) is 11.0. The van der Waals surface area contributed by atoms with Gasteiger partial charge >= 0.3 is 0 Å². The molecule has 4 aromatic rings. The van der Waals surface area contributed by atoms with Gasteiger partial charge in [0, 0.05) is 37.5 Å². The normalized spacial score (nSPS) is 14.2. The average Bonchev–Trinajstić information content (AvgIpc) is 3.62. The van der Waals surface area contributed by atoms with Crippen LogP contribution in [0.15, 0.2) is 76.5 Å². The number of furan rings is 1. The lowest BCUT2D eigenvalue weighted by molar-refractivity contribution is 0.0643. The third-order valence-corrected chi connectivity index (χ3v) is 7.38. The summed E-state index contributed by atoms with van der Waals surface area (Å²) in [7, 11) is 1.65. The summed E-state index contributed by atoms with van der Waals surface area (Å²) in [4.78, 5) is 17.2. The van der Waals surface area contributed by atoms with E-state index in [1.807, 2.05) is 70.1 Å². The van der Waals surface area contributed by atoms with Gasteiger partial charge in [0.25, 0.3) is 5.91 Å². The number of hydrogen-bond acceptors (Lipinski definition) is 7. The molecule has 1 amide bonds. The number of nitrogens with zero attached hydrogens (tertiary/aromatic N) is 5. The number of carbonyl (C=O) groups excluding carboxylic acids is 1. The Morgan fingerprint density at radius 2 is 1.75 bits per heavy atom. The van der Waals surface area contributed by atoms with Crippen LogP contribution >= 0.6 is 11.8 Å². The van der Waals surface area contributed by atoms with Gasteiger partial charge in [-0.05, 0) is 60.6 Å². The molecule has 1 fully saturated rings. The molecule has 0 bridgehead atoms. The first-order valence-electron chi connectivity index (χ1n) is 12.0. The van der Waals surface area contributed by atoms with Crippen LogP contribution in [0.5, 0.6) is 5.75 Å². The summed E-state index contributed by atoms with van der Waals surface area (Å²) in [6.45, 7) is 6.62. The molecule has 1 aliphatic rings. The molecule has 0 unspecified atom stereocenters. The summed E-state index contributed by atoms with van der Waals surface area (Å²) in [5, 5.41) is 9.60. The lowest BCUT2D eigenvalue weighted by atomic mass is 10.1. The Balaban J connectivity index is 1.30. The van der Waals surface area contributed by atoms with Crippen molar-refractivity contribution >= 4 is 17.7 Å². The van der Waals surface area contributed by atoms with Gasteiger partial charge in [-0.2, -0.15) is 0 Å². The molecule has 3 heterocycles. The quantitative estimate of drug-likeness (QED) is 0.325. The van der Waals surface area contributed by atoms with Crippen molar-refractivity contribution in [3.05, 3.63) is 78.1 Å². The number of aromatic nitrogens is 3. The molecule has 0 saturated carbocycles. The van der Waals surface area contributed by atoms with Crippen LogP contribution in [0, 0.1) is 0 Å². The summed E-state index contributed by atoms with van der Waals surface area (Å²) in [5.74, 6) is 2.86. The van der Waals surface area contributed by atoms with E-state index in [0.717, 1.165) is 60.4 Å². The summed E-state index contributed by atoms with van der Waals surface area (Å²) in [6, 6.07) is 19.4. The molecule has 0 N–H and O–H groups in total. The lowest BCUT2D eigenvalue weighted by Gasteiger charge is -2.34. The molecule has 1 aliphatic heterocycles. The fourth-order valence-corrected chi connectivity index (χ4v) is 5.14. The maximum Gasteiger partial charge on any atom is 0.253 e. The Hall–Kier alpha value is -3.56. The van der Waals surface area contributed by atoms with Crippen molar-refractivity contribution in [1.82, 2.24) is 24.6 Å². The minimum atomic E-state index is 0.104. The number of methoxy groups -OCH3 is 1. The Bertz CT molecular complexity index is 1280. The maximum atomic E-state index is 12.9. The fourth-order valence-electron chi connectivity index (χ4n) is 4.23. The van der Waals surface area contributed by atoms with Crippen molar-refractivity contribution in [2.45, 2.75) is 17.8 Å². The monoisotopic (exact) mass is 503 g/mol. The molecule has 0 spiro atoms. The van der Waals surface area contributed by atoms with Crippen molar-refractivity contribution < 1.29 is 13.9 Å². The van der Waals surface area contributed by atoms with Crippen molar-refractivity contribution in [3.63, 3.8) is 0 Å². The van der Waals surface area contributed by atoms with E-state index in [9.17, 15) is 4.79 Å². The van der Waals surface area contributed by atoms with Crippen LogP contribution in [0.4, 0.5) is 0 Å². The van der Waals surface area contributed by atoms with Gasteiger partial charge in [-0.1, -0.05) is 30.8 Å². The van der Waals surface area contributed by atoms with Crippen LogP contribution in [0.3, 0.4) is 0 Å².